The number of nitrogens with zero attached hydrogens (tertiary/aromatic N) is 1. The number of nitrogens with one attached hydrogen (secondary N) is 3. The predicted octanol–water partition coefficient (Wildman–Crippen LogP) is 2.45. The van der Waals surface area contributed by atoms with Crippen molar-refractivity contribution in [1.82, 2.24) is 16.0 Å². The Balaban J connectivity index is 1.80. The summed E-state index contributed by atoms with van der Waals surface area (Å²) in [5.74, 6) is 1.40. The van der Waals surface area contributed by atoms with Gasteiger partial charge in [0.2, 0.25) is 0 Å². The summed E-state index contributed by atoms with van der Waals surface area (Å²) in [6, 6.07) is 7.76. The second kappa shape index (κ2) is 10.0. The lowest BCUT2D eigenvalue weighted by Crippen LogP contribution is -2.46. The van der Waals surface area contributed by atoms with E-state index in [-0.39, 0.29) is 12.5 Å². The first-order valence-electron chi connectivity index (χ1n) is 9.54. The first-order valence-corrected chi connectivity index (χ1v) is 9.54. The molecule has 3 N–H and O–H groups in total. The molecule has 0 heterocycles. The molecule has 0 bridgehead atoms. The van der Waals surface area contributed by atoms with Gasteiger partial charge in [0.25, 0.3) is 5.91 Å². The minimum Gasteiger partial charge on any atom is -0.484 e. The van der Waals surface area contributed by atoms with Crippen molar-refractivity contribution < 1.29 is 9.53 Å². The Morgan fingerprint density at radius 1 is 1.23 bits per heavy atom. The van der Waals surface area contributed by atoms with Gasteiger partial charge in [-0.3, -0.25) is 9.79 Å². The molecular weight excluding hydrogens is 328 g/mol. The van der Waals surface area contributed by atoms with Crippen molar-refractivity contribution >= 4 is 11.9 Å². The number of amides is 1. The molecule has 0 spiro atoms. The van der Waals surface area contributed by atoms with Gasteiger partial charge in [-0.25, -0.2) is 0 Å². The Bertz CT molecular complexity index is 606. The maximum atomic E-state index is 11.5. The summed E-state index contributed by atoms with van der Waals surface area (Å²) in [7, 11) is 1.79. The van der Waals surface area contributed by atoms with Gasteiger partial charge in [0, 0.05) is 26.7 Å². The number of carbonyl (C=O) groups is 1. The van der Waals surface area contributed by atoms with Crippen LogP contribution in [-0.4, -0.2) is 38.6 Å². The molecule has 26 heavy (non-hydrogen) atoms. The fourth-order valence-corrected chi connectivity index (χ4v) is 3.15. The summed E-state index contributed by atoms with van der Waals surface area (Å²) in [5, 5.41) is 9.52. The Morgan fingerprint density at radius 3 is 2.65 bits per heavy atom. The molecule has 0 atom stereocenters. The molecule has 1 aromatic carbocycles. The number of ether oxygens (including phenoxy) is 1. The van der Waals surface area contributed by atoms with Crippen LogP contribution in [0.2, 0.25) is 0 Å². The summed E-state index contributed by atoms with van der Waals surface area (Å²) in [6.45, 7) is 6.42. The zero-order valence-electron chi connectivity index (χ0n) is 16.2. The van der Waals surface area contributed by atoms with Crippen LogP contribution in [-0.2, 0) is 11.3 Å². The highest BCUT2D eigenvalue weighted by atomic mass is 16.5. The predicted molar refractivity (Wildman–Crippen MR) is 105 cm³/mol. The maximum absolute atomic E-state index is 11.5. The minimum absolute atomic E-state index is 0.0348. The number of carbonyl (C=O) groups excluding carboxylic acids is 1. The van der Waals surface area contributed by atoms with E-state index in [0.29, 0.717) is 24.3 Å². The highest BCUT2D eigenvalue weighted by Crippen LogP contribution is 2.42. The summed E-state index contributed by atoms with van der Waals surface area (Å²) in [6.07, 6.45) is 5.16. The van der Waals surface area contributed by atoms with Crippen LogP contribution in [0.3, 0.4) is 0 Å². The number of benzene rings is 1. The molecule has 6 heteroatoms. The van der Waals surface area contributed by atoms with Crippen LogP contribution < -0.4 is 20.7 Å². The zero-order chi connectivity index (χ0) is 18.8. The monoisotopic (exact) mass is 360 g/mol. The fraction of sp³-hybridized carbons (Fsp3) is 0.600. The van der Waals surface area contributed by atoms with E-state index in [1.807, 2.05) is 31.2 Å². The second-order valence-electron chi connectivity index (χ2n) is 6.88. The quantitative estimate of drug-likeness (QED) is 0.467. The first kappa shape index (κ1) is 20.1. The number of aliphatic imine (C=N–C) groups is 1. The van der Waals surface area contributed by atoms with Gasteiger partial charge in [0.05, 0.1) is 0 Å². The third-order valence-electron chi connectivity index (χ3n) is 5.12. The molecule has 144 valence electrons. The smallest absolute Gasteiger partial charge is 0.257 e. The molecule has 0 saturated heterocycles. The second-order valence-corrected chi connectivity index (χ2v) is 6.88. The maximum Gasteiger partial charge on any atom is 0.257 e. The number of rotatable bonds is 9. The van der Waals surface area contributed by atoms with Crippen LogP contribution in [0.1, 0.15) is 45.1 Å². The average molecular weight is 361 g/mol. The van der Waals surface area contributed by atoms with Gasteiger partial charge >= 0.3 is 0 Å². The van der Waals surface area contributed by atoms with E-state index < -0.39 is 0 Å². The molecule has 1 fully saturated rings. The highest BCUT2D eigenvalue weighted by molar-refractivity contribution is 5.79. The number of hydrogen-bond donors (Lipinski definition) is 3. The van der Waals surface area contributed by atoms with E-state index in [0.717, 1.165) is 18.1 Å². The standard InChI is InChI=1S/C20H32N4O2/c1-4-20(10-7-11-20)15-24-19(21-3)23-13-16-8-6-9-17(12-16)26-14-18(25)22-5-2/h6,8-9,12H,4-5,7,10-11,13-15H2,1-3H3,(H,22,25)(H2,21,23,24). The molecule has 1 aliphatic carbocycles. The topological polar surface area (TPSA) is 74.8 Å². The van der Waals surface area contributed by atoms with Crippen LogP contribution in [0.4, 0.5) is 0 Å². The molecule has 1 aromatic rings. The Morgan fingerprint density at radius 2 is 2.04 bits per heavy atom. The molecule has 0 unspecified atom stereocenters. The van der Waals surface area contributed by atoms with E-state index >= 15 is 0 Å². The van der Waals surface area contributed by atoms with Crippen molar-refractivity contribution in [3.63, 3.8) is 0 Å². The van der Waals surface area contributed by atoms with Gasteiger partial charge < -0.3 is 20.7 Å². The molecule has 2 rings (SSSR count). The molecular formula is C20H32N4O2. The summed E-state index contributed by atoms with van der Waals surface area (Å²) < 4.78 is 5.54. The normalized spacial score (nSPS) is 15.7. The minimum atomic E-state index is -0.110. The van der Waals surface area contributed by atoms with Gasteiger partial charge in [0.15, 0.2) is 12.6 Å². The third-order valence-corrected chi connectivity index (χ3v) is 5.12. The lowest BCUT2D eigenvalue weighted by atomic mass is 9.67. The molecule has 1 saturated carbocycles. The van der Waals surface area contributed by atoms with Crippen LogP contribution in [0.5, 0.6) is 5.75 Å². The van der Waals surface area contributed by atoms with Crippen LogP contribution >= 0.6 is 0 Å². The zero-order valence-corrected chi connectivity index (χ0v) is 16.2. The molecule has 0 aromatic heterocycles. The van der Waals surface area contributed by atoms with Gasteiger partial charge in [0.1, 0.15) is 5.75 Å². The summed E-state index contributed by atoms with van der Waals surface area (Å²) in [5.41, 5.74) is 1.53. The van der Waals surface area contributed by atoms with Crippen molar-refractivity contribution in [1.29, 1.82) is 0 Å². The highest BCUT2D eigenvalue weighted by Gasteiger charge is 2.34. The fourth-order valence-electron chi connectivity index (χ4n) is 3.15. The van der Waals surface area contributed by atoms with Crippen molar-refractivity contribution in [2.75, 3.05) is 26.7 Å². The van der Waals surface area contributed by atoms with Crippen molar-refractivity contribution in [2.45, 2.75) is 46.1 Å². The SMILES string of the molecule is CCNC(=O)COc1cccc(CNC(=NC)NCC2(CC)CCC2)c1. The number of guanidine groups is 1. The van der Waals surface area contributed by atoms with E-state index in [4.69, 9.17) is 4.74 Å². The molecule has 0 radical (unpaired) electrons. The number of likely N-dealkylation sites (N-methyl/N-ethyl adjacent to an activating group) is 1. The van der Waals surface area contributed by atoms with E-state index in [2.05, 4.69) is 27.9 Å². The van der Waals surface area contributed by atoms with Crippen molar-refractivity contribution in [3.8, 4) is 5.75 Å². The van der Waals surface area contributed by atoms with E-state index in [9.17, 15) is 4.79 Å². The lowest BCUT2D eigenvalue weighted by Gasteiger charge is -2.41. The van der Waals surface area contributed by atoms with Crippen LogP contribution in [0, 0.1) is 5.41 Å². The van der Waals surface area contributed by atoms with Crippen molar-refractivity contribution in [3.05, 3.63) is 29.8 Å². The van der Waals surface area contributed by atoms with E-state index in [1.165, 1.54) is 25.7 Å². The third kappa shape index (κ3) is 5.93. The lowest BCUT2D eigenvalue weighted by molar-refractivity contribution is -0.122. The molecule has 1 aliphatic rings. The van der Waals surface area contributed by atoms with Crippen LogP contribution in [0.15, 0.2) is 29.3 Å². The molecule has 1 amide bonds. The largest absolute Gasteiger partial charge is 0.484 e. The van der Waals surface area contributed by atoms with Gasteiger partial charge in [-0.15, -0.1) is 0 Å². The molecule has 6 nitrogen and oxygen atoms in total. The van der Waals surface area contributed by atoms with Gasteiger partial charge in [-0.1, -0.05) is 25.5 Å². The van der Waals surface area contributed by atoms with Crippen molar-refractivity contribution in [2.24, 2.45) is 10.4 Å². The van der Waals surface area contributed by atoms with Crippen LogP contribution in [0.25, 0.3) is 0 Å². The Hall–Kier alpha value is -2.24. The molecule has 0 aliphatic heterocycles. The van der Waals surface area contributed by atoms with Gasteiger partial charge in [-0.2, -0.15) is 0 Å². The summed E-state index contributed by atoms with van der Waals surface area (Å²) in [4.78, 5) is 15.8. The first-order chi connectivity index (χ1) is 12.6. The van der Waals surface area contributed by atoms with Gasteiger partial charge in [-0.05, 0) is 49.3 Å². The summed E-state index contributed by atoms with van der Waals surface area (Å²) >= 11 is 0. The Labute approximate surface area is 156 Å². The average Bonchev–Trinajstić information content (AvgIpc) is 2.62. The Kier molecular flexibility index (Phi) is 7.75. The van der Waals surface area contributed by atoms with E-state index in [1.54, 1.807) is 7.05 Å². The number of hydrogen-bond acceptors (Lipinski definition) is 3.